The number of aromatic amines is 1. The van der Waals surface area contributed by atoms with E-state index in [-0.39, 0.29) is 29.0 Å². The number of H-pyrrole nitrogens is 1. The molecule has 0 spiro atoms. The molecule has 0 aliphatic rings. The van der Waals surface area contributed by atoms with Crippen molar-refractivity contribution in [3.63, 3.8) is 0 Å². The Labute approximate surface area is 200 Å². The van der Waals surface area contributed by atoms with Gasteiger partial charge < -0.3 is 14.8 Å². The molecular formula is C27H33N3O4. The number of hydrogen-bond donors (Lipinski definition) is 2. The average molecular weight is 464 g/mol. The Balaban J connectivity index is 1.85. The van der Waals surface area contributed by atoms with Gasteiger partial charge in [-0.2, -0.15) is 0 Å². The summed E-state index contributed by atoms with van der Waals surface area (Å²) in [5.41, 5.74) is 3.27. The molecule has 1 heterocycles. The van der Waals surface area contributed by atoms with Crippen molar-refractivity contribution in [2.75, 3.05) is 7.05 Å². The second-order valence-electron chi connectivity index (χ2n) is 10.5. The highest BCUT2D eigenvalue weighted by molar-refractivity contribution is 6.00. The van der Waals surface area contributed by atoms with Gasteiger partial charge in [-0.15, -0.1) is 0 Å². The van der Waals surface area contributed by atoms with Crippen LogP contribution in [0.5, 0.6) is 5.75 Å². The largest absolute Gasteiger partial charge is 0.507 e. The van der Waals surface area contributed by atoms with E-state index in [4.69, 9.17) is 4.74 Å². The van der Waals surface area contributed by atoms with Crippen LogP contribution >= 0.6 is 0 Å². The number of nitrogens with one attached hydrogen (secondary N) is 1. The van der Waals surface area contributed by atoms with Crippen LogP contribution < -0.4 is 0 Å². The predicted octanol–water partition coefficient (Wildman–Crippen LogP) is 5.79. The van der Waals surface area contributed by atoms with Gasteiger partial charge in [0, 0.05) is 23.7 Å². The summed E-state index contributed by atoms with van der Waals surface area (Å²) in [6, 6.07) is 13.1. The van der Waals surface area contributed by atoms with Crippen molar-refractivity contribution in [2.24, 2.45) is 0 Å². The molecule has 0 atom stereocenters. The van der Waals surface area contributed by atoms with Gasteiger partial charge in [-0.25, -0.2) is 14.7 Å². The lowest BCUT2D eigenvalue weighted by Gasteiger charge is -2.28. The predicted molar refractivity (Wildman–Crippen MR) is 132 cm³/mol. The maximum Gasteiger partial charge on any atom is 0.416 e. The zero-order valence-corrected chi connectivity index (χ0v) is 20.9. The minimum Gasteiger partial charge on any atom is -0.507 e. The number of nitrogens with zero attached hydrogens (tertiary/aromatic N) is 2. The van der Waals surface area contributed by atoms with E-state index in [0.29, 0.717) is 5.69 Å². The molecule has 0 radical (unpaired) electrons. The zero-order chi connectivity index (χ0) is 25.3. The highest BCUT2D eigenvalue weighted by atomic mass is 16.6. The van der Waals surface area contributed by atoms with E-state index in [1.54, 1.807) is 6.20 Å². The van der Waals surface area contributed by atoms with Crippen LogP contribution in [-0.2, 0) is 22.2 Å². The zero-order valence-electron chi connectivity index (χ0n) is 20.9. The molecule has 0 fully saturated rings. The fraction of sp³-hybridized carbons (Fsp3) is 0.370. The number of ether oxygens (including phenoxy) is 1. The molecule has 3 rings (SSSR count). The molecule has 0 saturated carbocycles. The number of aromatic hydroxyl groups is 1. The number of imide groups is 1. The van der Waals surface area contributed by atoms with E-state index in [9.17, 15) is 14.7 Å². The van der Waals surface area contributed by atoms with Crippen molar-refractivity contribution in [1.29, 1.82) is 0 Å². The van der Waals surface area contributed by atoms with E-state index in [1.165, 1.54) is 7.05 Å². The minimum atomic E-state index is -0.763. The number of imidazole rings is 1. The van der Waals surface area contributed by atoms with Gasteiger partial charge >= 0.3 is 6.09 Å². The average Bonchev–Trinajstić information content (AvgIpc) is 3.26. The lowest BCUT2D eigenvalue weighted by atomic mass is 9.78. The number of benzene rings is 2. The minimum absolute atomic E-state index is 0.0249. The molecule has 0 bridgehead atoms. The number of phenols is 1. The first kappa shape index (κ1) is 25.0. The van der Waals surface area contributed by atoms with Gasteiger partial charge in [-0.3, -0.25) is 4.79 Å². The Morgan fingerprint density at radius 2 is 1.56 bits per heavy atom. The summed E-state index contributed by atoms with van der Waals surface area (Å²) in [6.07, 6.45) is 0.795. The number of carbonyl (C=O) groups is 2. The first-order chi connectivity index (χ1) is 15.8. The highest BCUT2D eigenvalue weighted by Crippen LogP contribution is 2.41. The summed E-state index contributed by atoms with van der Waals surface area (Å²) >= 11 is 0. The number of phenolic OH excluding ortho intramolecular Hbond substituents is 1. The summed E-state index contributed by atoms with van der Waals surface area (Å²) in [5.74, 6) is -0.299. The quantitative estimate of drug-likeness (QED) is 0.511. The number of carbonyl (C=O) groups excluding carboxylic acids is 2. The van der Waals surface area contributed by atoms with Gasteiger partial charge in [0.1, 0.15) is 12.4 Å². The standard InChI is InChI=1S/C27H33N3O4/c1-26(2,3)19-13-18(14-20(22(19)31)27(4,5)6)21-15-28-23(29-21)24(32)30(7)25(33)34-16-17-11-9-8-10-12-17/h8-15,31H,16H2,1-7H3,(H,28,29). The number of aromatic nitrogens is 2. The van der Waals surface area contributed by atoms with Gasteiger partial charge in [0.15, 0.2) is 5.82 Å². The SMILES string of the molecule is CN(C(=O)OCc1ccccc1)C(=O)c1ncc(-c2cc(C(C)(C)C)c(O)c(C(C)(C)C)c2)[nH]1. The second kappa shape index (κ2) is 9.33. The summed E-state index contributed by atoms with van der Waals surface area (Å²) < 4.78 is 5.24. The van der Waals surface area contributed by atoms with Crippen LogP contribution in [0.15, 0.2) is 48.7 Å². The summed E-state index contributed by atoms with van der Waals surface area (Å²) in [4.78, 5) is 33.3. The Hall–Kier alpha value is -3.61. The molecule has 180 valence electrons. The van der Waals surface area contributed by atoms with Gasteiger partial charge in [0.05, 0.1) is 11.9 Å². The monoisotopic (exact) mass is 463 g/mol. The third-order valence-electron chi connectivity index (χ3n) is 5.60. The molecule has 0 unspecified atom stereocenters. The first-order valence-electron chi connectivity index (χ1n) is 11.2. The lowest BCUT2D eigenvalue weighted by molar-refractivity contribution is 0.0683. The van der Waals surface area contributed by atoms with Crippen LogP contribution in [0, 0.1) is 0 Å². The summed E-state index contributed by atoms with van der Waals surface area (Å²) in [6.45, 7) is 12.3. The van der Waals surface area contributed by atoms with Crippen LogP contribution in [0.2, 0.25) is 0 Å². The van der Waals surface area contributed by atoms with Crippen LogP contribution in [0.25, 0.3) is 11.3 Å². The Kier molecular flexibility index (Phi) is 6.87. The molecule has 1 aromatic heterocycles. The van der Waals surface area contributed by atoms with Crippen LogP contribution in [0.3, 0.4) is 0 Å². The van der Waals surface area contributed by atoms with Crippen molar-refractivity contribution < 1.29 is 19.4 Å². The Morgan fingerprint density at radius 1 is 1.00 bits per heavy atom. The second-order valence-corrected chi connectivity index (χ2v) is 10.5. The smallest absolute Gasteiger partial charge is 0.416 e. The number of amides is 2. The van der Waals surface area contributed by atoms with Crippen LogP contribution in [0.1, 0.15) is 68.9 Å². The maximum atomic E-state index is 12.8. The van der Waals surface area contributed by atoms with Crippen molar-refractivity contribution in [1.82, 2.24) is 14.9 Å². The van der Waals surface area contributed by atoms with E-state index in [0.717, 1.165) is 27.2 Å². The molecule has 0 aliphatic carbocycles. The number of rotatable bonds is 4. The van der Waals surface area contributed by atoms with E-state index >= 15 is 0 Å². The van der Waals surface area contributed by atoms with Crippen LogP contribution in [0.4, 0.5) is 4.79 Å². The topological polar surface area (TPSA) is 95.5 Å². The normalized spacial score (nSPS) is 11.9. The number of hydrogen-bond acceptors (Lipinski definition) is 5. The van der Waals surface area contributed by atoms with Crippen molar-refractivity contribution >= 4 is 12.0 Å². The fourth-order valence-corrected chi connectivity index (χ4v) is 3.57. The maximum absolute atomic E-state index is 12.8. The molecule has 0 aliphatic heterocycles. The first-order valence-corrected chi connectivity index (χ1v) is 11.2. The van der Waals surface area contributed by atoms with E-state index in [2.05, 4.69) is 9.97 Å². The molecule has 2 amide bonds. The van der Waals surface area contributed by atoms with Gasteiger partial charge in [0.25, 0.3) is 5.91 Å². The molecule has 2 aromatic carbocycles. The van der Waals surface area contributed by atoms with E-state index in [1.807, 2.05) is 84.0 Å². The van der Waals surface area contributed by atoms with Crippen molar-refractivity contribution in [2.45, 2.75) is 59.0 Å². The van der Waals surface area contributed by atoms with Gasteiger partial charge in [-0.1, -0.05) is 71.9 Å². The van der Waals surface area contributed by atoms with Crippen molar-refractivity contribution in [3.05, 3.63) is 71.2 Å². The molecule has 3 aromatic rings. The summed E-state index contributed by atoms with van der Waals surface area (Å²) in [7, 11) is 1.35. The molecule has 2 N–H and O–H groups in total. The van der Waals surface area contributed by atoms with E-state index < -0.39 is 12.0 Å². The Morgan fingerprint density at radius 3 is 2.09 bits per heavy atom. The lowest BCUT2D eigenvalue weighted by Crippen LogP contribution is -2.34. The van der Waals surface area contributed by atoms with Crippen molar-refractivity contribution in [3.8, 4) is 17.0 Å². The molecule has 7 heteroatoms. The van der Waals surface area contributed by atoms with Gasteiger partial charge in [-0.05, 0) is 28.5 Å². The third kappa shape index (κ3) is 5.47. The highest BCUT2D eigenvalue weighted by Gasteiger charge is 2.28. The van der Waals surface area contributed by atoms with Gasteiger partial charge in [0.2, 0.25) is 0 Å². The molecule has 34 heavy (non-hydrogen) atoms. The Bertz CT molecular complexity index is 1150. The fourth-order valence-electron chi connectivity index (χ4n) is 3.57. The molecular weight excluding hydrogens is 430 g/mol. The molecule has 0 saturated heterocycles. The van der Waals surface area contributed by atoms with Crippen LogP contribution in [-0.4, -0.2) is 39.0 Å². The third-order valence-corrected chi connectivity index (χ3v) is 5.60. The molecule has 7 nitrogen and oxygen atoms in total. The summed E-state index contributed by atoms with van der Waals surface area (Å²) in [5, 5.41) is 11.0.